The Morgan fingerprint density at radius 1 is 1.00 bits per heavy atom. The number of nitrogens with zero attached hydrogens (tertiary/aromatic N) is 1. The van der Waals surface area contributed by atoms with Crippen LogP contribution in [0, 0.1) is 0 Å². The van der Waals surface area contributed by atoms with Crippen LogP contribution < -0.4 is 13.1 Å². The number of benzene rings is 1. The molecule has 0 aliphatic heterocycles. The zero-order chi connectivity index (χ0) is 13.7. The molecule has 100 valence electrons. The third-order valence-electron chi connectivity index (χ3n) is 2.07. The monoisotopic (exact) mass is 299 g/mol. The van der Waals surface area contributed by atoms with Crippen molar-refractivity contribution in [2.75, 3.05) is 0 Å². The normalized spacial score (nSPS) is 12.8. The highest BCUT2D eigenvalue weighted by Gasteiger charge is 2.20. The molecule has 0 saturated carbocycles. The number of aromatic nitrogens is 1. The summed E-state index contributed by atoms with van der Waals surface area (Å²) < 4.78 is 43.2. The van der Waals surface area contributed by atoms with Gasteiger partial charge in [0.05, 0.1) is 4.90 Å². The van der Waals surface area contributed by atoms with Gasteiger partial charge in [-0.05, 0) is 12.1 Å². The van der Waals surface area contributed by atoms with E-state index in [2.05, 4.69) is 0 Å². The van der Waals surface area contributed by atoms with Gasteiger partial charge in [-0.3, -0.25) is 0 Å². The molecule has 1 aromatic heterocycles. The Morgan fingerprint density at radius 3 is 2.21 bits per heavy atom. The van der Waals surface area contributed by atoms with Crippen molar-refractivity contribution in [2.24, 2.45) is 0 Å². The molecular formula is C11H11N2O4S2+. The Morgan fingerprint density at radius 2 is 1.58 bits per heavy atom. The summed E-state index contributed by atoms with van der Waals surface area (Å²) in [7, 11) is -3.87. The van der Waals surface area contributed by atoms with Crippen LogP contribution in [0.15, 0.2) is 65.8 Å². The van der Waals surface area contributed by atoms with Crippen LogP contribution in [-0.4, -0.2) is 12.6 Å². The van der Waals surface area contributed by atoms with Crippen molar-refractivity contribution in [3.63, 3.8) is 0 Å². The van der Waals surface area contributed by atoms with Gasteiger partial charge in [0, 0.05) is 16.9 Å². The second-order valence-electron chi connectivity index (χ2n) is 3.44. The molecule has 6 nitrogen and oxygen atoms in total. The molecule has 1 N–H and O–H groups in total. The zero-order valence-electron chi connectivity index (χ0n) is 9.67. The molecule has 1 atom stereocenters. The topological polar surface area (TPSA) is 76.3 Å². The molecule has 2 aromatic rings. The fourth-order valence-corrected chi connectivity index (χ4v) is 3.26. The third-order valence-corrected chi connectivity index (χ3v) is 4.70. The van der Waals surface area contributed by atoms with Crippen LogP contribution in [0.4, 0.5) is 0 Å². The maximum absolute atomic E-state index is 11.8. The van der Waals surface area contributed by atoms with Crippen molar-refractivity contribution in [1.82, 2.24) is 4.13 Å². The van der Waals surface area contributed by atoms with E-state index in [0.29, 0.717) is 0 Å². The van der Waals surface area contributed by atoms with E-state index in [0.717, 1.165) is 4.73 Å². The van der Waals surface area contributed by atoms with Gasteiger partial charge in [-0.1, -0.05) is 28.4 Å². The SMILES string of the molecule is O=S(NS(=O)(=O)c1ccccc1)O[n+]1ccccc1. The lowest BCUT2D eigenvalue weighted by Crippen LogP contribution is -2.47. The quantitative estimate of drug-likeness (QED) is 0.786. The van der Waals surface area contributed by atoms with E-state index in [1.165, 1.54) is 24.5 Å². The molecule has 0 saturated heterocycles. The third kappa shape index (κ3) is 3.85. The molecule has 1 aromatic carbocycles. The molecule has 0 fully saturated rings. The standard InChI is InChI=1S/C11H11N2O4S2/c14-18(17-13-9-5-2-6-10-13)12-19(15,16)11-7-3-1-4-8-11/h1-10,12H/q+1. The van der Waals surface area contributed by atoms with Crippen molar-refractivity contribution < 1.29 is 21.6 Å². The molecule has 0 aliphatic rings. The summed E-state index contributed by atoms with van der Waals surface area (Å²) in [5.74, 6) is 0. The van der Waals surface area contributed by atoms with Crippen LogP contribution in [0.5, 0.6) is 0 Å². The highest BCUT2D eigenvalue weighted by molar-refractivity contribution is 8.00. The molecule has 0 aliphatic carbocycles. The minimum atomic E-state index is -3.87. The van der Waals surface area contributed by atoms with E-state index in [-0.39, 0.29) is 4.90 Å². The van der Waals surface area contributed by atoms with Gasteiger partial charge in [-0.25, -0.2) is 8.42 Å². The first kappa shape index (κ1) is 13.7. The molecule has 0 radical (unpaired) electrons. The van der Waals surface area contributed by atoms with Gasteiger partial charge in [-0.2, -0.15) is 4.21 Å². The number of nitrogens with one attached hydrogen (secondary N) is 1. The van der Waals surface area contributed by atoms with Crippen molar-refractivity contribution in [1.29, 1.82) is 0 Å². The minimum absolute atomic E-state index is 0.0185. The van der Waals surface area contributed by atoms with E-state index < -0.39 is 21.3 Å². The fourth-order valence-electron chi connectivity index (χ4n) is 1.26. The molecule has 1 unspecified atom stereocenters. The van der Waals surface area contributed by atoms with Crippen LogP contribution in [0.25, 0.3) is 0 Å². The number of rotatable bonds is 5. The second kappa shape index (κ2) is 5.91. The Kier molecular flexibility index (Phi) is 4.25. The smallest absolute Gasteiger partial charge is 0.206 e. The summed E-state index contributed by atoms with van der Waals surface area (Å²) in [5.41, 5.74) is 0. The van der Waals surface area contributed by atoms with E-state index in [4.69, 9.17) is 4.28 Å². The highest BCUT2D eigenvalue weighted by atomic mass is 32.3. The predicted molar refractivity (Wildman–Crippen MR) is 68.1 cm³/mol. The van der Waals surface area contributed by atoms with Gasteiger partial charge in [0.25, 0.3) is 10.0 Å². The van der Waals surface area contributed by atoms with Crippen molar-refractivity contribution in [3.8, 4) is 0 Å². The Labute approximate surface area is 113 Å². The highest BCUT2D eigenvalue weighted by Crippen LogP contribution is 2.06. The number of hydrogen-bond donors (Lipinski definition) is 1. The first-order valence-electron chi connectivity index (χ1n) is 5.22. The van der Waals surface area contributed by atoms with Gasteiger partial charge in [0.2, 0.25) is 12.4 Å². The number of pyridine rings is 1. The van der Waals surface area contributed by atoms with E-state index in [1.807, 2.05) is 4.13 Å². The average Bonchev–Trinajstić information content (AvgIpc) is 2.40. The van der Waals surface area contributed by atoms with E-state index in [1.54, 1.807) is 36.4 Å². The van der Waals surface area contributed by atoms with Crippen LogP contribution in [0.2, 0.25) is 0 Å². The van der Waals surface area contributed by atoms with E-state index >= 15 is 0 Å². The molecule has 19 heavy (non-hydrogen) atoms. The van der Waals surface area contributed by atoms with Crippen LogP contribution in [-0.2, 0) is 21.3 Å². The molecule has 0 bridgehead atoms. The number of hydrogen-bond acceptors (Lipinski definition) is 4. The van der Waals surface area contributed by atoms with Gasteiger partial charge in [-0.15, -0.1) is 4.28 Å². The molecule has 1 heterocycles. The lowest BCUT2D eigenvalue weighted by atomic mass is 10.4. The van der Waals surface area contributed by atoms with Gasteiger partial charge >= 0.3 is 11.3 Å². The lowest BCUT2D eigenvalue weighted by molar-refractivity contribution is -0.855. The summed E-state index contributed by atoms with van der Waals surface area (Å²) in [4.78, 5) is 0.0185. The summed E-state index contributed by atoms with van der Waals surface area (Å²) in [6.07, 6.45) is 2.99. The number of sulfonamides is 1. The Bertz CT molecular complexity index is 660. The van der Waals surface area contributed by atoms with Gasteiger partial charge in [0.15, 0.2) is 0 Å². The largest absolute Gasteiger partial charge is 0.369 e. The molecule has 0 spiro atoms. The van der Waals surface area contributed by atoms with Crippen molar-refractivity contribution in [2.45, 2.75) is 4.90 Å². The maximum Gasteiger partial charge on any atom is 0.369 e. The summed E-state index contributed by atoms with van der Waals surface area (Å²) >= 11 is -2.22. The summed E-state index contributed by atoms with van der Waals surface area (Å²) in [6.45, 7) is 0. The molecule has 8 heteroatoms. The average molecular weight is 299 g/mol. The summed E-state index contributed by atoms with van der Waals surface area (Å²) in [5, 5.41) is 0. The second-order valence-corrected chi connectivity index (χ2v) is 6.21. The maximum atomic E-state index is 11.8. The predicted octanol–water partition coefficient (Wildman–Crippen LogP) is -0.0401. The first-order chi connectivity index (χ1) is 9.08. The van der Waals surface area contributed by atoms with Crippen molar-refractivity contribution in [3.05, 3.63) is 60.9 Å². The van der Waals surface area contributed by atoms with E-state index in [9.17, 15) is 12.6 Å². The first-order valence-corrected chi connectivity index (χ1v) is 7.78. The summed E-state index contributed by atoms with van der Waals surface area (Å²) in [6, 6.07) is 12.7. The molecule has 0 amide bonds. The van der Waals surface area contributed by atoms with Crippen LogP contribution in [0.3, 0.4) is 0 Å². The fraction of sp³-hybridized carbons (Fsp3) is 0. The molecular weight excluding hydrogens is 288 g/mol. The van der Waals surface area contributed by atoms with Crippen LogP contribution >= 0.6 is 0 Å². The Balaban J connectivity index is 2.07. The zero-order valence-corrected chi connectivity index (χ0v) is 11.3. The van der Waals surface area contributed by atoms with Crippen LogP contribution in [0.1, 0.15) is 0 Å². The van der Waals surface area contributed by atoms with Crippen molar-refractivity contribution >= 4 is 21.3 Å². The molecule has 2 rings (SSSR count). The van der Waals surface area contributed by atoms with Gasteiger partial charge < -0.3 is 0 Å². The Hall–Kier alpha value is -1.77. The minimum Gasteiger partial charge on any atom is -0.206 e. The van der Waals surface area contributed by atoms with Gasteiger partial charge in [0.1, 0.15) is 0 Å². The lowest BCUT2D eigenvalue weighted by Gasteiger charge is -2.02.